The molecule has 0 spiro atoms. The highest BCUT2D eigenvalue weighted by atomic mass is 32.2. The number of hydrogen-bond donors (Lipinski definition) is 0. The number of benzene rings is 2. The Labute approximate surface area is 178 Å². The number of rotatable bonds is 7. The summed E-state index contributed by atoms with van der Waals surface area (Å²) in [7, 11) is -2.21. The van der Waals surface area contributed by atoms with Gasteiger partial charge in [0.2, 0.25) is 0 Å². The standard InChI is InChI=1S/C21H20N4O3S2/c1-24-18-11-6-5-10-17(18)19(20(24)16-8-3-2-4-9-16)22-23-21-25(13-14-29-21)12-7-15-30(26,27)28/h2-6,8-11,13-14H,7,12,15H2,1H3. The molecule has 0 radical (unpaired) electrons. The Kier molecular flexibility index (Phi) is 5.76. The Balaban J connectivity index is 1.72. The monoisotopic (exact) mass is 440 g/mol. The lowest BCUT2D eigenvalue weighted by atomic mass is 10.1. The van der Waals surface area contributed by atoms with Gasteiger partial charge in [0.1, 0.15) is 11.9 Å². The van der Waals surface area contributed by atoms with Gasteiger partial charge in [0, 0.05) is 29.1 Å². The second kappa shape index (κ2) is 8.47. The summed E-state index contributed by atoms with van der Waals surface area (Å²) in [6.45, 7) is 0.389. The molecule has 0 unspecified atom stereocenters. The largest absolute Gasteiger partial charge is 0.748 e. The van der Waals surface area contributed by atoms with E-state index in [1.807, 2.05) is 71.7 Å². The Morgan fingerprint density at radius 3 is 2.57 bits per heavy atom. The van der Waals surface area contributed by atoms with Gasteiger partial charge in [0.15, 0.2) is 0 Å². The first kappa shape index (κ1) is 20.4. The second-order valence-electron chi connectivity index (χ2n) is 6.83. The Morgan fingerprint density at radius 1 is 1.07 bits per heavy atom. The Morgan fingerprint density at radius 2 is 1.80 bits per heavy atom. The van der Waals surface area contributed by atoms with Crippen LogP contribution in [0.15, 0.2) is 76.4 Å². The minimum atomic E-state index is -4.22. The van der Waals surface area contributed by atoms with Crippen LogP contribution in [0.5, 0.6) is 0 Å². The lowest BCUT2D eigenvalue weighted by molar-refractivity contribution is -0.680. The first-order valence-corrected chi connectivity index (χ1v) is 11.8. The van der Waals surface area contributed by atoms with E-state index in [1.165, 1.54) is 11.3 Å². The average Bonchev–Trinajstić information content (AvgIpc) is 3.28. The Bertz CT molecular complexity index is 1310. The van der Waals surface area contributed by atoms with Gasteiger partial charge in [-0.2, -0.15) is 0 Å². The van der Waals surface area contributed by atoms with Crippen LogP contribution in [0.25, 0.3) is 22.2 Å². The van der Waals surface area contributed by atoms with Crippen molar-refractivity contribution in [3.05, 3.63) is 66.2 Å². The fraction of sp³-hybridized carbons (Fsp3) is 0.190. The number of aryl methyl sites for hydroxylation is 2. The summed E-state index contributed by atoms with van der Waals surface area (Å²) < 4.78 is 36.5. The minimum absolute atomic E-state index is 0.235. The molecule has 2 heterocycles. The fourth-order valence-electron chi connectivity index (χ4n) is 3.45. The lowest BCUT2D eigenvalue weighted by Crippen LogP contribution is -2.32. The minimum Gasteiger partial charge on any atom is -0.748 e. The molecule has 7 nitrogen and oxygen atoms in total. The highest BCUT2D eigenvalue weighted by Crippen LogP contribution is 2.40. The molecule has 0 atom stereocenters. The van der Waals surface area contributed by atoms with Gasteiger partial charge in [-0.25, -0.2) is 13.0 Å². The van der Waals surface area contributed by atoms with Crippen molar-refractivity contribution in [1.82, 2.24) is 4.57 Å². The maximum Gasteiger partial charge on any atom is 0.408 e. The number of hydrogen-bond acceptors (Lipinski definition) is 6. The molecule has 2 aromatic carbocycles. The highest BCUT2D eigenvalue weighted by Gasteiger charge is 2.19. The topological polar surface area (TPSA) is 90.7 Å². The molecule has 4 rings (SSSR count). The molecule has 0 aliphatic rings. The van der Waals surface area contributed by atoms with Crippen molar-refractivity contribution < 1.29 is 17.5 Å². The van der Waals surface area contributed by atoms with E-state index in [-0.39, 0.29) is 6.42 Å². The van der Waals surface area contributed by atoms with Gasteiger partial charge in [-0.3, -0.25) is 0 Å². The van der Waals surface area contributed by atoms with E-state index in [1.54, 1.807) is 0 Å². The summed E-state index contributed by atoms with van der Waals surface area (Å²) in [6.07, 6.45) is 2.05. The van der Waals surface area contributed by atoms with Crippen molar-refractivity contribution in [3.63, 3.8) is 0 Å². The van der Waals surface area contributed by atoms with Gasteiger partial charge in [-0.15, -0.1) is 0 Å². The zero-order valence-corrected chi connectivity index (χ0v) is 17.9. The molecule has 0 bridgehead atoms. The van der Waals surface area contributed by atoms with Crippen LogP contribution in [0.2, 0.25) is 0 Å². The summed E-state index contributed by atoms with van der Waals surface area (Å²) >= 11 is 1.41. The van der Waals surface area contributed by atoms with Crippen molar-refractivity contribution in [1.29, 1.82) is 0 Å². The molecule has 0 saturated heterocycles. The predicted molar refractivity (Wildman–Crippen MR) is 116 cm³/mol. The van der Waals surface area contributed by atoms with E-state index in [2.05, 4.69) is 20.9 Å². The van der Waals surface area contributed by atoms with E-state index >= 15 is 0 Å². The first-order chi connectivity index (χ1) is 14.4. The number of nitrogens with zero attached hydrogens (tertiary/aromatic N) is 4. The third-order valence-electron chi connectivity index (χ3n) is 4.82. The maximum atomic E-state index is 10.8. The third-order valence-corrected chi connectivity index (χ3v) is 6.39. The smallest absolute Gasteiger partial charge is 0.408 e. The molecule has 0 saturated carbocycles. The highest BCUT2D eigenvalue weighted by molar-refractivity contribution is 7.85. The maximum absolute atomic E-state index is 10.8. The van der Waals surface area contributed by atoms with Crippen LogP contribution in [0.4, 0.5) is 10.8 Å². The SMILES string of the molecule is Cn1c(-c2ccccc2)c(N=Nc2scc[n+]2CCCS(=O)(=O)[O-])c2ccccc21. The number of fused-ring (bicyclic) bond motifs is 1. The number of aromatic nitrogens is 2. The molecular formula is C21H20N4O3S2. The Hall–Kier alpha value is -2.88. The van der Waals surface area contributed by atoms with Crippen LogP contribution in [-0.4, -0.2) is 23.3 Å². The fourth-order valence-corrected chi connectivity index (χ4v) is 4.64. The number of thiazole rings is 1. The molecular weight excluding hydrogens is 420 g/mol. The van der Waals surface area contributed by atoms with Gasteiger partial charge in [-0.1, -0.05) is 48.5 Å². The summed E-state index contributed by atoms with van der Waals surface area (Å²) in [5.41, 5.74) is 3.86. The van der Waals surface area contributed by atoms with Crippen LogP contribution in [0.1, 0.15) is 6.42 Å². The molecule has 30 heavy (non-hydrogen) atoms. The van der Waals surface area contributed by atoms with Crippen LogP contribution < -0.4 is 4.57 Å². The second-order valence-corrected chi connectivity index (χ2v) is 9.23. The summed E-state index contributed by atoms with van der Waals surface area (Å²) in [6, 6.07) is 18.1. The summed E-state index contributed by atoms with van der Waals surface area (Å²) in [5, 5.41) is 12.6. The lowest BCUT2D eigenvalue weighted by Gasteiger charge is -2.04. The van der Waals surface area contributed by atoms with Crippen molar-refractivity contribution in [2.24, 2.45) is 17.3 Å². The molecule has 4 aromatic rings. The van der Waals surface area contributed by atoms with Crippen LogP contribution in [-0.2, 0) is 23.7 Å². The molecule has 154 valence electrons. The predicted octanol–water partition coefficient (Wildman–Crippen LogP) is 4.55. The van der Waals surface area contributed by atoms with Crippen LogP contribution >= 0.6 is 11.3 Å². The quantitative estimate of drug-likeness (QED) is 0.240. The number of azo groups is 1. The molecule has 2 aromatic heterocycles. The zero-order valence-electron chi connectivity index (χ0n) is 16.3. The number of para-hydroxylation sites is 1. The zero-order chi connectivity index (χ0) is 21.1. The summed E-state index contributed by atoms with van der Waals surface area (Å²) in [5.74, 6) is -0.395. The van der Waals surface area contributed by atoms with Crippen LogP contribution in [0.3, 0.4) is 0 Å². The van der Waals surface area contributed by atoms with Gasteiger partial charge < -0.3 is 9.12 Å². The third kappa shape index (κ3) is 4.33. The van der Waals surface area contributed by atoms with E-state index in [9.17, 15) is 13.0 Å². The van der Waals surface area contributed by atoms with Crippen molar-refractivity contribution in [3.8, 4) is 11.3 Å². The van der Waals surface area contributed by atoms with E-state index < -0.39 is 15.9 Å². The van der Waals surface area contributed by atoms with E-state index in [0.29, 0.717) is 11.7 Å². The molecule has 0 aliphatic heterocycles. The van der Waals surface area contributed by atoms with E-state index in [0.717, 1.165) is 27.8 Å². The first-order valence-electron chi connectivity index (χ1n) is 9.39. The van der Waals surface area contributed by atoms with Crippen molar-refractivity contribution >= 4 is 43.2 Å². The van der Waals surface area contributed by atoms with Gasteiger partial charge >= 0.3 is 5.13 Å². The van der Waals surface area contributed by atoms with Gasteiger partial charge in [0.05, 0.1) is 33.0 Å². The van der Waals surface area contributed by atoms with Gasteiger partial charge in [-0.05, 0) is 28.9 Å². The van der Waals surface area contributed by atoms with Crippen LogP contribution in [0, 0.1) is 0 Å². The van der Waals surface area contributed by atoms with Crippen molar-refractivity contribution in [2.75, 3.05) is 5.75 Å². The molecule has 0 N–H and O–H groups in total. The molecule has 0 fully saturated rings. The average molecular weight is 441 g/mol. The molecule has 0 amide bonds. The normalized spacial score (nSPS) is 12.2. The molecule has 0 aliphatic carbocycles. The summed E-state index contributed by atoms with van der Waals surface area (Å²) in [4.78, 5) is 0. The van der Waals surface area contributed by atoms with Crippen molar-refractivity contribution in [2.45, 2.75) is 13.0 Å². The van der Waals surface area contributed by atoms with Gasteiger partial charge in [0.25, 0.3) is 0 Å². The molecule has 9 heteroatoms. The van der Waals surface area contributed by atoms with E-state index in [4.69, 9.17) is 0 Å².